The van der Waals surface area contributed by atoms with E-state index in [-0.39, 0.29) is 5.91 Å². The number of fused-ring (bicyclic) bond motifs is 1. The molecule has 2 heterocycles. The second-order valence-electron chi connectivity index (χ2n) is 8.14. The summed E-state index contributed by atoms with van der Waals surface area (Å²) in [6.45, 7) is 0. The highest BCUT2D eigenvalue weighted by Crippen LogP contribution is 2.37. The lowest BCUT2D eigenvalue weighted by molar-refractivity contribution is -0.132. The number of nitrogens with one attached hydrogen (secondary N) is 2. The Bertz CT molecular complexity index is 1220. The summed E-state index contributed by atoms with van der Waals surface area (Å²) in [4.78, 5) is 13.1. The molecule has 1 atom stereocenters. The molecule has 0 spiro atoms. The summed E-state index contributed by atoms with van der Waals surface area (Å²) in [6, 6.07) is 12.6. The first-order chi connectivity index (χ1) is 15.5. The van der Waals surface area contributed by atoms with Gasteiger partial charge in [0.1, 0.15) is 17.8 Å². The van der Waals surface area contributed by atoms with Gasteiger partial charge in [0.25, 0.3) is 5.91 Å². The second-order valence-corrected chi connectivity index (χ2v) is 8.14. The highest BCUT2D eigenvalue weighted by Gasteiger charge is 2.35. The third-order valence-electron chi connectivity index (χ3n) is 5.89. The van der Waals surface area contributed by atoms with E-state index in [1.165, 1.54) is 23.2 Å². The number of amides is 1. The standard InChI is InChI=1S/C25H20F2N4O/c26-19-8-9-20(21(27)12-19)18-7-10-22(16-5-6-16)30-31-24(11-18)29-23(13-25(31)32)17-3-1-15(14-28)2-4-17/h1-4,7-10,12-13,16,24,29-30H,5-6,11H2/b18-7+,22-10-. The third-order valence-corrected chi connectivity index (χ3v) is 5.89. The van der Waals surface area contributed by atoms with E-state index in [9.17, 15) is 13.6 Å². The summed E-state index contributed by atoms with van der Waals surface area (Å²) in [6.07, 6.45) is 7.12. The molecule has 1 amide bonds. The predicted octanol–water partition coefficient (Wildman–Crippen LogP) is 4.22. The Labute approximate surface area is 184 Å². The zero-order valence-corrected chi connectivity index (χ0v) is 17.1. The number of hydrogen-bond donors (Lipinski definition) is 2. The van der Waals surface area contributed by atoms with E-state index >= 15 is 0 Å². The van der Waals surface area contributed by atoms with Crippen LogP contribution in [0.2, 0.25) is 0 Å². The Balaban J connectivity index is 1.52. The zero-order valence-electron chi connectivity index (χ0n) is 17.1. The van der Waals surface area contributed by atoms with Gasteiger partial charge in [-0.3, -0.25) is 10.2 Å². The molecule has 5 rings (SSSR count). The van der Waals surface area contributed by atoms with Gasteiger partial charge >= 0.3 is 0 Å². The quantitative estimate of drug-likeness (QED) is 0.765. The van der Waals surface area contributed by atoms with Gasteiger partial charge in [0.05, 0.1) is 11.6 Å². The monoisotopic (exact) mass is 430 g/mol. The first-order valence-electron chi connectivity index (χ1n) is 10.5. The fourth-order valence-corrected chi connectivity index (χ4v) is 4.01. The Kier molecular flexibility index (Phi) is 4.98. The lowest BCUT2D eigenvalue weighted by atomic mass is 9.97. The number of rotatable bonds is 3. The lowest BCUT2D eigenvalue weighted by Crippen LogP contribution is -2.57. The van der Waals surface area contributed by atoms with Crippen molar-refractivity contribution in [1.29, 1.82) is 5.26 Å². The molecule has 0 bridgehead atoms. The van der Waals surface area contributed by atoms with Crippen molar-refractivity contribution in [3.63, 3.8) is 0 Å². The van der Waals surface area contributed by atoms with Crippen LogP contribution in [0, 0.1) is 28.9 Å². The first kappa shape index (κ1) is 20.0. The number of allylic oxidation sites excluding steroid dienone is 3. The van der Waals surface area contributed by atoms with Crippen molar-refractivity contribution in [3.05, 3.63) is 94.7 Å². The molecule has 2 N–H and O–H groups in total. The van der Waals surface area contributed by atoms with Crippen molar-refractivity contribution < 1.29 is 13.6 Å². The van der Waals surface area contributed by atoms with E-state index in [4.69, 9.17) is 5.26 Å². The fourth-order valence-electron chi connectivity index (χ4n) is 4.01. The summed E-state index contributed by atoms with van der Waals surface area (Å²) in [5, 5.41) is 13.9. The van der Waals surface area contributed by atoms with Gasteiger partial charge in [-0.25, -0.2) is 13.8 Å². The molecule has 0 radical (unpaired) electrons. The molecule has 5 nitrogen and oxygen atoms in total. The molecule has 0 aromatic heterocycles. The van der Waals surface area contributed by atoms with Crippen molar-refractivity contribution in [2.75, 3.05) is 0 Å². The molecule has 2 aromatic carbocycles. The Morgan fingerprint density at radius 3 is 2.53 bits per heavy atom. The smallest absolute Gasteiger partial charge is 0.268 e. The molecule has 7 heteroatoms. The molecule has 1 saturated carbocycles. The maximum atomic E-state index is 14.6. The molecule has 1 unspecified atom stereocenters. The van der Waals surface area contributed by atoms with E-state index in [2.05, 4.69) is 16.8 Å². The van der Waals surface area contributed by atoms with E-state index < -0.39 is 17.8 Å². The zero-order chi connectivity index (χ0) is 22.2. The SMILES string of the molecule is N#Cc1ccc(C2=CC(=O)N3N/C(C4CC4)=C\C=C(\c4ccc(F)cc4F)CC3N2)cc1. The summed E-state index contributed by atoms with van der Waals surface area (Å²) in [5.41, 5.74) is 7.06. The van der Waals surface area contributed by atoms with Crippen LogP contribution in [0.1, 0.15) is 36.0 Å². The van der Waals surface area contributed by atoms with Gasteiger partial charge in [0, 0.05) is 41.4 Å². The van der Waals surface area contributed by atoms with Gasteiger partial charge in [0.2, 0.25) is 0 Å². The van der Waals surface area contributed by atoms with Crippen molar-refractivity contribution in [2.45, 2.75) is 25.4 Å². The van der Waals surface area contributed by atoms with Crippen LogP contribution in [-0.2, 0) is 4.79 Å². The van der Waals surface area contributed by atoms with Crippen molar-refractivity contribution in [3.8, 4) is 6.07 Å². The number of carbonyl (C=O) groups excluding carboxylic acids is 1. The summed E-state index contributed by atoms with van der Waals surface area (Å²) < 4.78 is 28.1. The Hall–Kier alpha value is -3.92. The molecule has 2 aromatic rings. The molecular formula is C25H20F2N4O. The summed E-state index contributed by atoms with van der Waals surface area (Å²) in [7, 11) is 0. The summed E-state index contributed by atoms with van der Waals surface area (Å²) >= 11 is 0. The van der Waals surface area contributed by atoms with Crippen LogP contribution in [0.25, 0.3) is 11.3 Å². The maximum absolute atomic E-state index is 14.6. The van der Waals surface area contributed by atoms with Gasteiger partial charge in [-0.05, 0) is 54.3 Å². The predicted molar refractivity (Wildman–Crippen MR) is 116 cm³/mol. The molecule has 32 heavy (non-hydrogen) atoms. The Morgan fingerprint density at radius 1 is 1.06 bits per heavy atom. The number of hydrogen-bond acceptors (Lipinski definition) is 4. The highest BCUT2D eigenvalue weighted by molar-refractivity contribution is 5.97. The minimum absolute atomic E-state index is 0.222. The average Bonchev–Trinajstić information content (AvgIpc) is 3.60. The molecule has 2 aliphatic heterocycles. The van der Waals surface area contributed by atoms with Crippen LogP contribution < -0.4 is 10.7 Å². The van der Waals surface area contributed by atoms with Gasteiger partial charge in [0.15, 0.2) is 0 Å². The number of halogens is 2. The number of hydrazine groups is 1. The van der Waals surface area contributed by atoms with Crippen LogP contribution in [0.15, 0.2) is 66.4 Å². The van der Waals surface area contributed by atoms with Crippen LogP contribution in [0.5, 0.6) is 0 Å². The number of benzene rings is 2. The second kappa shape index (κ2) is 7.97. The average molecular weight is 430 g/mol. The molecule has 160 valence electrons. The molecule has 1 aliphatic carbocycles. The van der Waals surface area contributed by atoms with Crippen molar-refractivity contribution >= 4 is 17.2 Å². The first-order valence-corrected chi connectivity index (χ1v) is 10.5. The molecular weight excluding hydrogens is 410 g/mol. The molecule has 0 saturated heterocycles. The van der Waals surface area contributed by atoms with E-state index in [1.807, 2.05) is 12.2 Å². The maximum Gasteiger partial charge on any atom is 0.268 e. The number of nitrogens with zero attached hydrogens (tertiary/aromatic N) is 2. The summed E-state index contributed by atoms with van der Waals surface area (Å²) in [5.74, 6) is -1.16. The minimum Gasteiger partial charge on any atom is -0.363 e. The minimum atomic E-state index is -0.636. The van der Waals surface area contributed by atoms with Crippen LogP contribution in [-0.4, -0.2) is 17.1 Å². The molecule has 3 aliphatic rings. The van der Waals surface area contributed by atoms with E-state index in [1.54, 1.807) is 24.3 Å². The van der Waals surface area contributed by atoms with E-state index in [0.717, 1.165) is 30.2 Å². The van der Waals surface area contributed by atoms with Gasteiger partial charge in [-0.15, -0.1) is 0 Å². The van der Waals surface area contributed by atoms with Crippen LogP contribution in [0.3, 0.4) is 0 Å². The van der Waals surface area contributed by atoms with Gasteiger partial charge < -0.3 is 5.32 Å². The Morgan fingerprint density at radius 2 is 1.84 bits per heavy atom. The van der Waals surface area contributed by atoms with Crippen LogP contribution in [0.4, 0.5) is 8.78 Å². The molecule has 1 fully saturated rings. The topological polar surface area (TPSA) is 68.2 Å². The fraction of sp³-hybridized carbons (Fsp3) is 0.200. The van der Waals surface area contributed by atoms with E-state index in [0.29, 0.717) is 34.7 Å². The van der Waals surface area contributed by atoms with Crippen molar-refractivity contribution in [1.82, 2.24) is 15.8 Å². The third kappa shape index (κ3) is 3.87. The van der Waals surface area contributed by atoms with Crippen LogP contribution >= 0.6 is 0 Å². The van der Waals surface area contributed by atoms with Crippen molar-refractivity contribution in [2.24, 2.45) is 5.92 Å². The largest absolute Gasteiger partial charge is 0.363 e. The normalized spacial score (nSPS) is 23.7. The van der Waals surface area contributed by atoms with Gasteiger partial charge in [-0.1, -0.05) is 18.2 Å². The number of nitriles is 1. The number of carbonyl (C=O) groups is 1. The highest BCUT2D eigenvalue weighted by atomic mass is 19.1. The lowest BCUT2D eigenvalue weighted by Gasteiger charge is -2.39. The van der Waals surface area contributed by atoms with Gasteiger partial charge in [-0.2, -0.15) is 5.26 Å².